The smallest absolute Gasteiger partial charge is 0.315 e. The van der Waals surface area contributed by atoms with Gasteiger partial charge in [0, 0.05) is 25.2 Å². The second-order valence-electron chi connectivity index (χ2n) is 8.48. The molecule has 1 heterocycles. The van der Waals surface area contributed by atoms with E-state index in [2.05, 4.69) is 46.7 Å². The molecule has 0 radical (unpaired) electrons. The largest absolute Gasteiger partial charge is 0.497 e. The van der Waals surface area contributed by atoms with E-state index in [-0.39, 0.29) is 24.2 Å². The van der Waals surface area contributed by atoms with Gasteiger partial charge in [-0.05, 0) is 68.1 Å². The van der Waals surface area contributed by atoms with Crippen LogP contribution in [0.5, 0.6) is 17.2 Å². The van der Waals surface area contributed by atoms with Gasteiger partial charge in [0.2, 0.25) is 0 Å². The van der Waals surface area contributed by atoms with E-state index in [9.17, 15) is 4.79 Å². The Morgan fingerprint density at radius 2 is 1.66 bits per heavy atom. The monoisotopic (exact) mass is 441 g/mol. The molecule has 0 saturated carbocycles. The summed E-state index contributed by atoms with van der Waals surface area (Å²) in [6.07, 6.45) is 0.896. The van der Waals surface area contributed by atoms with Crippen molar-refractivity contribution in [2.24, 2.45) is 0 Å². The summed E-state index contributed by atoms with van der Waals surface area (Å²) in [4.78, 5) is 14.9. The van der Waals surface area contributed by atoms with Gasteiger partial charge < -0.3 is 24.8 Å². The van der Waals surface area contributed by atoms with Gasteiger partial charge in [-0.15, -0.1) is 0 Å². The third kappa shape index (κ3) is 5.46. The van der Waals surface area contributed by atoms with Crippen LogP contribution in [0.4, 0.5) is 4.79 Å². The zero-order valence-corrected chi connectivity index (χ0v) is 19.9. The maximum absolute atomic E-state index is 12.5. The first-order valence-electron chi connectivity index (χ1n) is 11.0. The minimum Gasteiger partial charge on any atom is -0.497 e. The third-order valence-electron chi connectivity index (χ3n) is 5.82. The first-order chi connectivity index (χ1) is 15.4. The molecule has 0 fully saturated rings. The molecule has 32 heavy (non-hydrogen) atoms. The van der Waals surface area contributed by atoms with Crippen molar-refractivity contribution < 1.29 is 19.0 Å². The summed E-state index contributed by atoms with van der Waals surface area (Å²) in [5.41, 5.74) is 3.56. The van der Waals surface area contributed by atoms with Crippen LogP contribution >= 0.6 is 0 Å². The van der Waals surface area contributed by atoms with Gasteiger partial charge in [0.1, 0.15) is 5.75 Å². The van der Waals surface area contributed by atoms with Crippen LogP contribution < -0.4 is 24.8 Å². The van der Waals surface area contributed by atoms with Crippen molar-refractivity contribution in [1.82, 2.24) is 15.5 Å². The summed E-state index contributed by atoms with van der Waals surface area (Å²) in [5.74, 6) is 2.26. The normalized spacial score (nSPS) is 16.8. The number of hydrogen-bond donors (Lipinski definition) is 2. The van der Waals surface area contributed by atoms with E-state index < -0.39 is 0 Å². The summed E-state index contributed by atoms with van der Waals surface area (Å²) in [7, 11) is 4.97. The quantitative estimate of drug-likeness (QED) is 0.650. The Balaban J connectivity index is 1.94. The fourth-order valence-electron chi connectivity index (χ4n) is 4.35. The van der Waals surface area contributed by atoms with Crippen LogP contribution in [0.3, 0.4) is 0 Å². The predicted molar refractivity (Wildman–Crippen MR) is 126 cm³/mol. The molecule has 0 bridgehead atoms. The minimum atomic E-state index is -0.163. The molecule has 2 aromatic carbocycles. The van der Waals surface area contributed by atoms with Gasteiger partial charge in [-0.2, -0.15) is 0 Å². The van der Waals surface area contributed by atoms with Crippen LogP contribution in [0.15, 0.2) is 36.4 Å². The molecule has 0 spiro atoms. The van der Waals surface area contributed by atoms with E-state index in [0.717, 1.165) is 36.6 Å². The average molecular weight is 442 g/mol. The number of carbonyl (C=O) groups excluding carboxylic acids is 1. The fraction of sp³-hybridized carbons (Fsp3) is 0.480. The summed E-state index contributed by atoms with van der Waals surface area (Å²) < 4.78 is 16.4. The van der Waals surface area contributed by atoms with E-state index >= 15 is 0 Å². The molecule has 2 amide bonds. The number of ether oxygens (including phenoxy) is 3. The number of benzene rings is 2. The molecule has 7 nitrogen and oxygen atoms in total. The van der Waals surface area contributed by atoms with E-state index in [1.807, 2.05) is 26.0 Å². The highest BCUT2D eigenvalue weighted by Crippen LogP contribution is 2.40. The van der Waals surface area contributed by atoms with Gasteiger partial charge in [0.05, 0.1) is 27.4 Å². The van der Waals surface area contributed by atoms with Gasteiger partial charge in [0.25, 0.3) is 0 Å². The van der Waals surface area contributed by atoms with E-state index in [0.29, 0.717) is 5.75 Å². The number of nitrogens with zero attached hydrogens (tertiary/aromatic N) is 1. The average Bonchev–Trinajstić information content (AvgIpc) is 2.77. The Hall–Kier alpha value is -2.93. The lowest BCUT2D eigenvalue weighted by Gasteiger charge is -2.41. The molecule has 1 aliphatic rings. The summed E-state index contributed by atoms with van der Waals surface area (Å²) in [6.45, 7) is 7.59. The van der Waals surface area contributed by atoms with Crippen LogP contribution in [0.2, 0.25) is 0 Å². The van der Waals surface area contributed by atoms with E-state index in [1.54, 1.807) is 21.3 Å². The Morgan fingerprint density at radius 3 is 2.25 bits per heavy atom. The maximum atomic E-state index is 12.5. The predicted octanol–water partition coefficient (Wildman–Crippen LogP) is 3.91. The van der Waals surface area contributed by atoms with Gasteiger partial charge in [0.15, 0.2) is 11.5 Å². The highest BCUT2D eigenvalue weighted by atomic mass is 16.5. The molecule has 7 heteroatoms. The molecule has 0 saturated heterocycles. The second kappa shape index (κ2) is 10.6. The van der Waals surface area contributed by atoms with Crippen molar-refractivity contribution in [1.29, 1.82) is 0 Å². The van der Waals surface area contributed by atoms with Crippen LogP contribution in [0.25, 0.3) is 0 Å². The molecule has 0 aromatic heterocycles. The van der Waals surface area contributed by atoms with Gasteiger partial charge in [-0.3, -0.25) is 4.90 Å². The lowest BCUT2D eigenvalue weighted by Crippen LogP contribution is -2.50. The summed E-state index contributed by atoms with van der Waals surface area (Å²) >= 11 is 0. The Bertz CT molecular complexity index is 914. The van der Waals surface area contributed by atoms with Crippen LogP contribution in [0.1, 0.15) is 43.5 Å². The number of carbonyl (C=O) groups is 1. The molecule has 174 valence electrons. The molecule has 0 unspecified atom stereocenters. The van der Waals surface area contributed by atoms with E-state index in [4.69, 9.17) is 14.2 Å². The third-order valence-corrected chi connectivity index (χ3v) is 5.82. The highest BCUT2D eigenvalue weighted by Gasteiger charge is 2.33. The standard InChI is InChI=1S/C25H35N3O4/c1-16(2)26-25(29)27-17(3)24-21-14-23(32-6)22(31-5)13-19(21)11-12-28(24)15-18-7-9-20(30-4)10-8-18/h7-10,13-14,16-17,24H,11-12,15H2,1-6H3,(H2,26,27,29)/t17-,24+/m0/s1. The molecule has 2 aromatic rings. The highest BCUT2D eigenvalue weighted by molar-refractivity contribution is 5.74. The SMILES string of the molecule is COc1ccc(CN2CCc3cc(OC)c(OC)cc3[C@H]2[C@H](C)NC(=O)NC(C)C)cc1. The zero-order chi connectivity index (χ0) is 23.3. The van der Waals surface area contributed by atoms with Gasteiger partial charge in [-0.1, -0.05) is 12.1 Å². The Kier molecular flexibility index (Phi) is 7.85. The molecule has 1 aliphatic heterocycles. The van der Waals surface area contributed by atoms with E-state index in [1.165, 1.54) is 11.1 Å². The van der Waals surface area contributed by atoms with Crippen LogP contribution in [-0.2, 0) is 13.0 Å². The first kappa shape index (κ1) is 23.7. The second-order valence-corrected chi connectivity index (χ2v) is 8.48. The van der Waals surface area contributed by atoms with Crippen molar-refractivity contribution in [3.63, 3.8) is 0 Å². The molecular formula is C25H35N3O4. The number of methoxy groups -OCH3 is 3. The summed E-state index contributed by atoms with van der Waals surface area (Å²) in [5, 5.41) is 6.07. The fourth-order valence-corrected chi connectivity index (χ4v) is 4.35. The lowest BCUT2D eigenvalue weighted by molar-refractivity contribution is 0.143. The van der Waals surface area contributed by atoms with Crippen molar-refractivity contribution >= 4 is 6.03 Å². The van der Waals surface area contributed by atoms with Crippen LogP contribution in [-0.4, -0.2) is 50.9 Å². The van der Waals surface area contributed by atoms with Gasteiger partial charge in [-0.25, -0.2) is 4.79 Å². The van der Waals surface area contributed by atoms with Crippen molar-refractivity contribution in [3.05, 3.63) is 53.1 Å². The van der Waals surface area contributed by atoms with Crippen LogP contribution in [0, 0.1) is 0 Å². The number of rotatable bonds is 8. The number of nitrogens with one attached hydrogen (secondary N) is 2. The number of fused-ring (bicyclic) bond motifs is 1. The molecule has 2 N–H and O–H groups in total. The molecule has 3 rings (SSSR count). The molecular weight excluding hydrogens is 406 g/mol. The van der Waals surface area contributed by atoms with Crippen molar-refractivity contribution in [3.8, 4) is 17.2 Å². The number of amides is 2. The molecule has 2 atom stereocenters. The maximum Gasteiger partial charge on any atom is 0.315 e. The minimum absolute atomic E-state index is 0.0152. The Labute approximate surface area is 191 Å². The lowest BCUT2D eigenvalue weighted by atomic mass is 9.87. The topological polar surface area (TPSA) is 72.1 Å². The molecule has 0 aliphatic carbocycles. The zero-order valence-electron chi connectivity index (χ0n) is 19.9. The van der Waals surface area contributed by atoms with Crippen molar-refractivity contribution in [2.75, 3.05) is 27.9 Å². The Morgan fingerprint density at radius 1 is 1.00 bits per heavy atom. The number of hydrogen-bond acceptors (Lipinski definition) is 5. The first-order valence-corrected chi connectivity index (χ1v) is 11.0. The van der Waals surface area contributed by atoms with Gasteiger partial charge >= 0.3 is 6.03 Å². The van der Waals surface area contributed by atoms with Crippen molar-refractivity contribution in [2.45, 2.75) is 51.9 Å². The summed E-state index contributed by atoms with van der Waals surface area (Å²) in [6, 6.07) is 12.0. The number of urea groups is 1.